The minimum atomic E-state index is -0.318. The van der Waals surface area contributed by atoms with E-state index in [-0.39, 0.29) is 23.6 Å². The van der Waals surface area contributed by atoms with Crippen molar-refractivity contribution in [1.82, 2.24) is 24.5 Å². The molecule has 25 heavy (non-hydrogen) atoms. The van der Waals surface area contributed by atoms with Crippen molar-refractivity contribution in [2.75, 3.05) is 13.1 Å². The van der Waals surface area contributed by atoms with Gasteiger partial charge in [0, 0.05) is 18.5 Å². The Morgan fingerprint density at radius 2 is 1.80 bits per heavy atom. The van der Waals surface area contributed by atoms with Crippen LogP contribution in [0.2, 0.25) is 0 Å². The lowest BCUT2D eigenvalue weighted by Crippen LogP contribution is -2.39. The molecular weight excluding hydrogens is 318 g/mol. The van der Waals surface area contributed by atoms with Gasteiger partial charge in [-0.2, -0.15) is 10.2 Å². The molecule has 0 aliphatic carbocycles. The molecule has 0 atom stereocenters. The van der Waals surface area contributed by atoms with E-state index in [1.165, 1.54) is 4.68 Å². The normalized spacial score (nSPS) is 16.2. The summed E-state index contributed by atoms with van der Waals surface area (Å²) in [5, 5.41) is 9.49. The van der Waals surface area contributed by atoms with Gasteiger partial charge >= 0.3 is 0 Å². The minimum Gasteiger partial charge on any atom is -0.341 e. The zero-order valence-electron chi connectivity index (χ0n) is 15.6. The summed E-state index contributed by atoms with van der Waals surface area (Å²) in [6, 6.07) is 0. The van der Waals surface area contributed by atoms with Gasteiger partial charge in [-0.3, -0.25) is 14.3 Å². The molecule has 2 aromatic heterocycles. The number of nitrogens with zero attached hydrogens (tertiary/aromatic N) is 5. The van der Waals surface area contributed by atoms with Crippen LogP contribution in [-0.4, -0.2) is 43.5 Å². The highest BCUT2D eigenvalue weighted by molar-refractivity contribution is 5.81. The molecule has 0 aromatic carbocycles. The first-order valence-corrected chi connectivity index (χ1v) is 9.03. The highest BCUT2D eigenvalue weighted by atomic mass is 16.2. The molecule has 3 heterocycles. The fraction of sp³-hybridized carbons (Fsp3) is 0.667. The maximum Gasteiger partial charge on any atom is 0.293 e. The Bertz CT molecular complexity index is 835. The van der Waals surface area contributed by atoms with Gasteiger partial charge in [0.1, 0.15) is 12.1 Å². The van der Waals surface area contributed by atoms with Crippen LogP contribution in [0, 0.1) is 6.92 Å². The van der Waals surface area contributed by atoms with E-state index < -0.39 is 0 Å². The molecule has 3 rings (SSSR count). The molecule has 2 aromatic rings. The van der Waals surface area contributed by atoms with E-state index in [0.29, 0.717) is 11.2 Å². The second-order valence-electron chi connectivity index (χ2n) is 7.83. The smallest absolute Gasteiger partial charge is 0.293 e. The quantitative estimate of drug-likeness (QED) is 0.835. The topological polar surface area (TPSA) is 73.0 Å². The Morgan fingerprint density at radius 3 is 2.40 bits per heavy atom. The number of aromatic nitrogens is 4. The van der Waals surface area contributed by atoms with Crippen molar-refractivity contribution in [3.8, 4) is 0 Å². The zero-order chi connectivity index (χ0) is 18.2. The summed E-state index contributed by atoms with van der Waals surface area (Å²) >= 11 is 0. The number of aryl methyl sites for hydroxylation is 1. The maximum absolute atomic E-state index is 13.0. The van der Waals surface area contributed by atoms with E-state index in [1.807, 2.05) is 32.6 Å². The summed E-state index contributed by atoms with van der Waals surface area (Å²) in [7, 11) is 0. The van der Waals surface area contributed by atoms with E-state index in [1.54, 1.807) is 10.9 Å². The number of amides is 1. The molecule has 1 aliphatic rings. The summed E-state index contributed by atoms with van der Waals surface area (Å²) in [5.41, 5.74) is 0.662. The van der Waals surface area contributed by atoms with Crippen LogP contribution in [0.4, 0.5) is 0 Å². The molecule has 136 valence electrons. The fourth-order valence-electron chi connectivity index (χ4n) is 3.39. The van der Waals surface area contributed by atoms with Crippen molar-refractivity contribution >= 4 is 16.8 Å². The Labute approximate surface area is 147 Å². The number of rotatable bonds is 2. The van der Waals surface area contributed by atoms with Crippen LogP contribution >= 0.6 is 0 Å². The molecule has 7 heteroatoms. The predicted molar refractivity (Wildman–Crippen MR) is 96.6 cm³/mol. The van der Waals surface area contributed by atoms with Gasteiger partial charge in [-0.15, -0.1) is 0 Å². The van der Waals surface area contributed by atoms with E-state index in [4.69, 9.17) is 0 Å². The van der Waals surface area contributed by atoms with E-state index in [0.717, 1.165) is 44.2 Å². The summed E-state index contributed by atoms with van der Waals surface area (Å²) in [5.74, 6) is -0.0305. The molecule has 0 N–H and O–H groups in total. The third kappa shape index (κ3) is 3.45. The standard InChI is InChI=1S/C18H27N5O2/c1-13-14-11-19-23(18(2,3)4)16(14)17(25)22(20-13)12-15(24)21-9-7-5-6-8-10-21/h11H,5-10,12H2,1-4H3. The first-order chi connectivity index (χ1) is 11.8. The van der Waals surface area contributed by atoms with Crippen LogP contribution in [0.25, 0.3) is 10.9 Å². The lowest BCUT2D eigenvalue weighted by Gasteiger charge is -2.22. The third-order valence-electron chi connectivity index (χ3n) is 4.75. The number of likely N-dealkylation sites (tertiary alicyclic amines) is 1. The van der Waals surface area contributed by atoms with Crippen LogP contribution in [0.5, 0.6) is 0 Å². The van der Waals surface area contributed by atoms with Gasteiger partial charge in [-0.1, -0.05) is 12.8 Å². The van der Waals surface area contributed by atoms with Crippen molar-refractivity contribution in [2.45, 2.75) is 65.5 Å². The van der Waals surface area contributed by atoms with Crippen LogP contribution < -0.4 is 5.56 Å². The first kappa shape index (κ1) is 17.6. The predicted octanol–water partition coefficient (Wildman–Crippen LogP) is 2.06. The highest BCUT2D eigenvalue weighted by Gasteiger charge is 2.23. The van der Waals surface area contributed by atoms with E-state index in [9.17, 15) is 9.59 Å². The number of fused-ring (bicyclic) bond motifs is 1. The average Bonchev–Trinajstić information content (AvgIpc) is 2.82. The Morgan fingerprint density at radius 1 is 1.16 bits per heavy atom. The second kappa shape index (κ2) is 6.61. The van der Waals surface area contributed by atoms with Crippen LogP contribution in [-0.2, 0) is 16.9 Å². The van der Waals surface area contributed by atoms with Crippen molar-refractivity contribution in [1.29, 1.82) is 0 Å². The van der Waals surface area contributed by atoms with Crippen molar-refractivity contribution < 1.29 is 4.79 Å². The molecule has 1 aliphatic heterocycles. The lowest BCUT2D eigenvalue weighted by atomic mass is 10.1. The summed E-state index contributed by atoms with van der Waals surface area (Å²) in [6.07, 6.45) is 6.08. The third-order valence-corrected chi connectivity index (χ3v) is 4.75. The summed E-state index contributed by atoms with van der Waals surface area (Å²) < 4.78 is 3.03. The molecule has 1 fully saturated rings. The van der Waals surface area contributed by atoms with Crippen molar-refractivity contribution in [3.05, 3.63) is 22.2 Å². The van der Waals surface area contributed by atoms with E-state index >= 15 is 0 Å². The summed E-state index contributed by atoms with van der Waals surface area (Å²) in [6.45, 7) is 9.39. The molecule has 0 bridgehead atoms. The number of carbonyl (C=O) groups is 1. The molecule has 7 nitrogen and oxygen atoms in total. The van der Waals surface area contributed by atoms with Gasteiger partial charge in [0.15, 0.2) is 0 Å². The number of carbonyl (C=O) groups excluding carboxylic acids is 1. The lowest BCUT2D eigenvalue weighted by molar-refractivity contribution is -0.132. The monoisotopic (exact) mass is 345 g/mol. The second-order valence-corrected chi connectivity index (χ2v) is 7.83. The zero-order valence-corrected chi connectivity index (χ0v) is 15.6. The Balaban J connectivity index is 1.98. The number of hydrogen-bond acceptors (Lipinski definition) is 4. The highest BCUT2D eigenvalue weighted by Crippen LogP contribution is 2.20. The van der Waals surface area contributed by atoms with Gasteiger partial charge in [-0.05, 0) is 40.5 Å². The SMILES string of the molecule is Cc1nn(CC(=O)N2CCCCCC2)c(=O)c2c1cnn2C(C)(C)C. The van der Waals surface area contributed by atoms with Gasteiger partial charge in [-0.25, -0.2) is 4.68 Å². The Kier molecular flexibility index (Phi) is 4.67. The Hall–Kier alpha value is -2.18. The molecule has 0 saturated carbocycles. The van der Waals surface area contributed by atoms with Crippen LogP contribution in [0.3, 0.4) is 0 Å². The van der Waals surface area contributed by atoms with Crippen LogP contribution in [0.1, 0.15) is 52.1 Å². The minimum absolute atomic E-state index is 0.00899. The van der Waals surface area contributed by atoms with E-state index in [2.05, 4.69) is 10.2 Å². The van der Waals surface area contributed by atoms with Crippen molar-refractivity contribution in [2.24, 2.45) is 0 Å². The largest absolute Gasteiger partial charge is 0.341 e. The molecule has 0 radical (unpaired) electrons. The molecule has 0 unspecified atom stereocenters. The van der Waals surface area contributed by atoms with Gasteiger partial charge in [0.25, 0.3) is 5.56 Å². The average molecular weight is 345 g/mol. The first-order valence-electron chi connectivity index (χ1n) is 9.03. The van der Waals surface area contributed by atoms with Crippen LogP contribution in [0.15, 0.2) is 11.0 Å². The van der Waals surface area contributed by atoms with Gasteiger partial charge in [0.05, 0.1) is 17.4 Å². The van der Waals surface area contributed by atoms with Crippen molar-refractivity contribution in [3.63, 3.8) is 0 Å². The summed E-state index contributed by atoms with van der Waals surface area (Å²) in [4.78, 5) is 27.5. The molecule has 0 spiro atoms. The number of hydrogen-bond donors (Lipinski definition) is 0. The van der Waals surface area contributed by atoms with Gasteiger partial charge in [0.2, 0.25) is 5.91 Å². The molecular formula is C18H27N5O2. The molecule has 1 amide bonds. The maximum atomic E-state index is 13.0. The molecule has 1 saturated heterocycles. The fourth-order valence-corrected chi connectivity index (χ4v) is 3.39. The van der Waals surface area contributed by atoms with Gasteiger partial charge < -0.3 is 4.90 Å².